The largest absolute Gasteiger partial charge is 0.496 e. The molecule has 1 saturated heterocycles. The van der Waals surface area contributed by atoms with Crippen LogP contribution in [0.15, 0.2) is 65.8 Å². The average molecular weight is 433 g/mol. The standard InChI is InChI=1S/C23H19N3O4S/c1-30-19-13-17-7-3-2-6-16(17)12-18(19)21(27)25-9-10-26-22(28)20(31-23(26)29)11-15-5-4-8-24-14-15/h2-8,11-14H,9-10H2,1H3,(H,25,27)/b20-11+. The van der Waals surface area contributed by atoms with Crippen molar-refractivity contribution in [1.82, 2.24) is 15.2 Å². The molecule has 1 N–H and O–H groups in total. The molecule has 156 valence electrons. The Hall–Kier alpha value is -3.65. The molecule has 1 aliphatic rings. The van der Waals surface area contributed by atoms with Crippen molar-refractivity contribution in [2.75, 3.05) is 20.2 Å². The van der Waals surface area contributed by atoms with Crippen LogP contribution in [0.2, 0.25) is 0 Å². The van der Waals surface area contributed by atoms with Gasteiger partial charge in [-0.1, -0.05) is 30.3 Å². The molecular formula is C23H19N3O4S. The number of ether oxygens (including phenoxy) is 1. The lowest BCUT2D eigenvalue weighted by atomic mass is 10.1. The van der Waals surface area contributed by atoms with E-state index in [0.717, 1.165) is 33.0 Å². The van der Waals surface area contributed by atoms with Crippen LogP contribution in [0, 0.1) is 0 Å². The first-order chi connectivity index (χ1) is 15.1. The number of carbonyl (C=O) groups excluding carboxylic acids is 3. The van der Waals surface area contributed by atoms with Crippen LogP contribution in [-0.4, -0.2) is 47.1 Å². The number of pyridine rings is 1. The number of rotatable bonds is 6. The third-order valence-electron chi connectivity index (χ3n) is 4.79. The van der Waals surface area contributed by atoms with E-state index in [1.165, 1.54) is 7.11 Å². The zero-order valence-electron chi connectivity index (χ0n) is 16.7. The van der Waals surface area contributed by atoms with Crippen LogP contribution in [0.25, 0.3) is 16.8 Å². The van der Waals surface area contributed by atoms with E-state index in [2.05, 4.69) is 10.3 Å². The number of nitrogens with one attached hydrogen (secondary N) is 1. The third kappa shape index (κ3) is 4.44. The van der Waals surface area contributed by atoms with E-state index < -0.39 is 0 Å². The van der Waals surface area contributed by atoms with Gasteiger partial charge in [0.25, 0.3) is 17.1 Å². The quantitative estimate of drug-likeness (QED) is 0.596. The van der Waals surface area contributed by atoms with E-state index in [4.69, 9.17) is 4.74 Å². The molecule has 0 spiro atoms. The fourth-order valence-electron chi connectivity index (χ4n) is 3.25. The number of methoxy groups -OCH3 is 1. The number of amides is 3. The predicted octanol–water partition coefficient (Wildman–Crippen LogP) is 3.71. The van der Waals surface area contributed by atoms with Crippen LogP contribution in [0.5, 0.6) is 5.75 Å². The summed E-state index contributed by atoms with van der Waals surface area (Å²) in [5, 5.41) is 4.29. The van der Waals surface area contributed by atoms with Crippen molar-refractivity contribution >= 4 is 45.7 Å². The van der Waals surface area contributed by atoms with Gasteiger partial charge >= 0.3 is 0 Å². The van der Waals surface area contributed by atoms with E-state index in [1.807, 2.05) is 30.3 Å². The lowest BCUT2D eigenvalue weighted by molar-refractivity contribution is -0.122. The van der Waals surface area contributed by atoms with E-state index >= 15 is 0 Å². The number of hydrogen-bond donors (Lipinski definition) is 1. The first-order valence-electron chi connectivity index (χ1n) is 9.57. The number of carbonyl (C=O) groups is 3. The number of hydrogen-bond acceptors (Lipinski definition) is 6. The Morgan fingerprint density at radius 2 is 1.94 bits per heavy atom. The minimum Gasteiger partial charge on any atom is -0.496 e. The van der Waals surface area contributed by atoms with Gasteiger partial charge in [0.2, 0.25) is 0 Å². The number of aromatic nitrogens is 1. The highest BCUT2D eigenvalue weighted by Gasteiger charge is 2.34. The van der Waals surface area contributed by atoms with Gasteiger partial charge in [-0.05, 0) is 52.4 Å². The van der Waals surface area contributed by atoms with Crippen LogP contribution in [0.1, 0.15) is 15.9 Å². The highest BCUT2D eigenvalue weighted by molar-refractivity contribution is 8.18. The second-order valence-corrected chi connectivity index (χ2v) is 7.77. The molecule has 31 heavy (non-hydrogen) atoms. The summed E-state index contributed by atoms with van der Waals surface area (Å²) >= 11 is 0.877. The third-order valence-corrected chi connectivity index (χ3v) is 5.70. The minimum atomic E-state index is -0.378. The summed E-state index contributed by atoms with van der Waals surface area (Å²) in [5.41, 5.74) is 1.14. The first-order valence-corrected chi connectivity index (χ1v) is 10.4. The Morgan fingerprint density at radius 1 is 1.16 bits per heavy atom. The lowest BCUT2D eigenvalue weighted by Gasteiger charge is -2.14. The van der Waals surface area contributed by atoms with Gasteiger partial charge in [0.15, 0.2) is 0 Å². The summed E-state index contributed by atoms with van der Waals surface area (Å²) in [6, 6.07) is 14.8. The molecule has 0 aliphatic carbocycles. The van der Waals surface area contributed by atoms with Gasteiger partial charge in [0, 0.05) is 25.5 Å². The molecule has 7 nitrogen and oxygen atoms in total. The molecule has 3 aromatic rings. The zero-order chi connectivity index (χ0) is 21.8. The molecule has 2 heterocycles. The molecule has 2 aromatic carbocycles. The molecule has 0 saturated carbocycles. The van der Waals surface area contributed by atoms with Crippen molar-refractivity contribution in [2.24, 2.45) is 0 Å². The van der Waals surface area contributed by atoms with E-state index in [0.29, 0.717) is 16.2 Å². The summed E-state index contributed by atoms with van der Waals surface area (Å²) < 4.78 is 5.36. The Kier molecular flexibility index (Phi) is 5.99. The van der Waals surface area contributed by atoms with E-state index in [1.54, 1.807) is 36.7 Å². The van der Waals surface area contributed by atoms with Crippen molar-refractivity contribution < 1.29 is 19.1 Å². The molecule has 8 heteroatoms. The van der Waals surface area contributed by atoms with Crippen LogP contribution < -0.4 is 10.1 Å². The molecule has 0 unspecified atom stereocenters. The summed E-state index contributed by atoms with van der Waals surface area (Å²) in [6.45, 7) is 0.212. The molecule has 1 aromatic heterocycles. The van der Waals surface area contributed by atoms with Gasteiger partial charge in [-0.2, -0.15) is 0 Å². The molecule has 0 radical (unpaired) electrons. The second kappa shape index (κ2) is 9.01. The normalized spacial score (nSPS) is 15.0. The van der Waals surface area contributed by atoms with E-state index in [9.17, 15) is 14.4 Å². The summed E-state index contributed by atoms with van der Waals surface area (Å²) in [6.07, 6.45) is 4.89. The van der Waals surface area contributed by atoms with Crippen molar-refractivity contribution in [2.45, 2.75) is 0 Å². The van der Waals surface area contributed by atoms with Gasteiger partial charge in [0.05, 0.1) is 17.6 Å². The highest BCUT2D eigenvalue weighted by atomic mass is 32.2. The van der Waals surface area contributed by atoms with Gasteiger partial charge in [-0.3, -0.25) is 24.3 Å². The van der Waals surface area contributed by atoms with Crippen molar-refractivity contribution in [1.29, 1.82) is 0 Å². The second-order valence-electron chi connectivity index (χ2n) is 6.78. The number of nitrogens with zero attached hydrogens (tertiary/aromatic N) is 2. The highest BCUT2D eigenvalue weighted by Crippen LogP contribution is 2.32. The number of fused-ring (bicyclic) bond motifs is 1. The molecule has 3 amide bonds. The topological polar surface area (TPSA) is 88.6 Å². The predicted molar refractivity (Wildman–Crippen MR) is 120 cm³/mol. The van der Waals surface area contributed by atoms with Gasteiger partial charge in [-0.25, -0.2) is 0 Å². The summed E-state index contributed by atoms with van der Waals surface area (Å²) in [4.78, 5) is 43.0. The fourth-order valence-corrected chi connectivity index (χ4v) is 4.11. The molecule has 0 atom stereocenters. The number of benzene rings is 2. The smallest absolute Gasteiger partial charge is 0.293 e. The summed E-state index contributed by atoms with van der Waals surface area (Å²) in [5.74, 6) is -0.251. The molecule has 1 fully saturated rings. The Bertz CT molecular complexity index is 1190. The first kappa shape index (κ1) is 20.6. The van der Waals surface area contributed by atoms with Crippen molar-refractivity contribution in [3.63, 3.8) is 0 Å². The molecule has 0 bridgehead atoms. The maximum atomic E-state index is 12.7. The maximum absolute atomic E-state index is 12.7. The lowest BCUT2D eigenvalue weighted by Crippen LogP contribution is -2.37. The van der Waals surface area contributed by atoms with Crippen LogP contribution in [-0.2, 0) is 4.79 Å². The molecular weight excluding hydrogens is 414 g/mol. The Morgan fingerprint density at radius 3 is 2.65 bits per heavy atom. The minimum absolute atomic E-state index is 0.0800. The van der Waals surface area contributed by atoms with Crippen LogP contribution in [0.4, 0.5) is 4.79 Å². The Balaban J connectivity index is 1.42. The fraction of sp³-hybridized carbons (Fsp3) is 0.130. The van der Waals surface area contributed by atoms with Crippen LogP contribution >= 0.6 is 11.8 Å². The Labute approximate surface area is 183 Å². The van der Waals surface area contributed by atoms with E-state index in [-0.39, 0.29) is 30.1 Å². The van der Waals surface area contributed by atoms with Crippen LogP contribution in [0.3, 0.4) is 0 Å². The van der Waals surface area contributed by atoms with Crippen molar-refractivity contribution in [3.05, 3.63) is 77.0 Å². The monoisotopic (exact) mass is 433 g/mol. The zero-order valence-corrected chi connectivity index (χ0v) is 17.5. The maximum Gasteiger partial charge on any atom is 0.293 e. The average Bonchev–Trinajstić information content (AvgIpc) is 3.06. The van der Waals surface area contributed by atoms with Gasteiger partial charge in [0.1, 0.15) is 5.75 Å². The molecule has 4 rings (SSSR count). The number of thioether (sulfide) groups is 1. The number of imide groups is 1. The SMILES string of the molecule is COc1cc2ccccc2cc1C(=O)NCCN1C(=O)S/C(=C/c2cccnc2)C1=O. The summed E-state index contributed by atoms with van der Waals surface area (Å²) in [7, 11) is 1.51. The van der Waals surface area contributed by atoms with Gasteiger partial charge in [-0.15, -0.1) is 0 Å². The van der Waals surface area contributed by atoms with Crippen molar-refractivity contribution in [3.8, 4) is 5.75 Å². The van der Waals surface area contributed by atoms with Gasteiger partial charge < -0.3 is 10.1 Å². The molecule has 1 aliphatic heterocycles.